The minimum absolute atomic E-state index is 0.370. The van der Waals surface area contributed by atoms with Crippen molar-refractivity contribution in [1.29, 1.82) is 0 Å². The van der Waals surface area contributed by atoms with Crippen molar-refractivity contribution in [3.8, 4) is 0 Å². The molecule has 1 nitrogen and oxygen atoms in total. The summed E-state index contributed by atoms with van der Waals surface area (Å²) in [6.07, 6.45) is 1.81. The van der Waals surface area contributed by atoms with Crippen molar-refractivity contribution >= 4 is 39.1 Å². The summed E-state index contributed by atoms with van der Waals surface area (Å²) in [6.45, 7) is 0.634. The van der Waals surface area contributed by atoms with Crippen LogP contribution in [0.1, 0.15) is 11.1 Å². The van der Waals surface area contributed by atoms with Crippen LogP contribution in [0.5, 0.6) is 0 Å². The Bertz CT molecular complexity index is 569. The van der Waals surface area contributed by atoms with E-state index in [1.54, 1.807) is 0 Å². The zero-order valence-corrected chi connectivity index (χ0v) is 14.0. The molecule has 106 valence electrons. The Balaban J connectivity index is 2.07. The molecule has 0 heterocycles. The first kappa shape index (κ1) is 15.8. The number of hydrogen-bond acceptors (Lipinski definition) is 1. The molecule has 0 aliphatic rings. The molecule has 0 radical (unpaired) electrons. The monoisotopic (exact) mass is 371 g/mol. The lowest BCUT2D eigenvalue weighted by molar-refractivity contribution is 0.533. The number of nitrogens with two attached hydrogens (primary N) is 1. The summed E-state index contributed by atoms with van der Waals surface area (Å²) in [4.78, 5) is 0. The Morgan fingerprint density at radius 3 is 2.30 bits per heavy atom. The Morgan fingerprint density at radius 2 is 1.70 bits per heavy atom. The van der Waals surface area contributed by atoms with Gasteiger partial charge in [0, 0.05) is 14.5 Å². The SMILES string of the molecule is NCC(Cc1ccc(Cl)cc1)Cc1ccc(Br)cc1Cl. The van der Waals surface area contributed by atoms with Gasteiger partial charge in [-0.3, -0.25) is 0 Å². The van der Waals surface area contributed by atoms with E-state index in [1.165, 1.54) is 5.56 Å². The van der Waals surface area contributed by atoms with Gasteiger partial charge >= 0.3 is 0 Å². The minimum Gasteiger partial charge on any atom is -0.330 e. The molecule has 4 heteroatoms. The first-order valence-corrected chi connectivity index (χ1v) is 8.02. The molecule has 1 unspecified atom stereocenters. The maximum atomic E-state index is 6.27. The summed E-state index contributed by atoms with van der Waals surface area (Å²) in [5.41, 5.74) is 8.29. The summed E-state index contributed by atoms with van der Waals surface area (Å²) in [6, 6.07) is 13.9. The van der Waals surface area contributed by atoms with Crippen molar-refractivity contribution in [2.24, 2.45) is 11.7 Å². The highest BCUT2D eigenvalue weighted by Crippen LogP contribution is 2.25. The zero-order valence-electron chi connectivity index (χ0n) is 11.0. The quantitative estimate of drug-likeness (QED) is 0.774. The van der Waals surface area contributed by atoms with Crippen molar-refractivity contribution in [3.63, 3.8) is 0 Å². The number of hydrogen-bond donors (Lipinski definition) is 1. The fourth-order valence-corrected chi connectivity index (χ4v) is 3.07. The number of rotatable bonds is 5. The third kappa shape index (κ3) is 4.49. The molecule has 2 aromatic rings. The summed E-state index contributed by atoms with van der Waals surface area (Å²) in [5.74, 6) is 0.370. The molecule has 2 rings (SSSR count). The molecule has 0 amide bonds. The smallest absolute Gasteiger partial charge is 0.0449 e. The maximum Gasteiger partial charge on any atom is 0.0449 e. The zero-order chi connectivity index (χ0) is 14.5. The molecule has 0 saturated heterocycles. The van der Waals surface area contributed by atoms with Crippen LogP contribution in [-0.4, -0.2) is 6.54 Å². The van der Waals surface area contributed by atoms with Crippen molar-refractivity contribution in [3.05, 3.63) is 68.1 Å². The van der Waals surface area contributed by atoms with Crippen LogP contribution in [0, 0.1) is 5.92 Å². The van der Waals surface area contributed by atoms with E-state index in [2.05, 4.69) is 22.0 Å². The molecule has 0 saturated carbocycles. The Kier molecular flexibility index (Phi) is 5.91. The van der Waals surface area contributed by atoms with Gasteiger partial charge in [0.05, 0.1) is 0 Å². The van der Waals surface area contributed by atoms with Gasteiger partial charge in [-0.1, -0.05) is 57.3 Å². The second-order valence-electron chi connectivity index (χ2n) is 4.87. The van der Waals surface area contributed by atoms with Gasteiger partial charge in [-0.15, -0.1) is 0 Å². The largest absolute Gasteiger partial charge is 0.330 e. The van der Waals surface area contributed by atoms with E-state index in [-0.39, 0.29) is 0 Å². The molecule has 1 atom stereocenters. The maximum absolute atomic E-state index is 6.27. The summed E-state index contributed by atoms with van der Waals surface area (Å²) >= 11 is 15.6. The van der Waals surface area contributed by atoms with Crippen LogP contribution in [0.2, 0.25) is 10.0 Å². The predicted octanol–water partition coefficient (Wildman–Crippen LogP) is 5.12. The topological polar surface area (TPSA) is 26.0 Å². The Labute approximate surface area is 138 Å². The fraction of sp³-hybridized carbons (Fsp3) is 0.250. The van der Waals surface area contributed by atoms with Gasteiger partial charge in [0.15, 0.2) is 0 Å². The van der Waals surface area contributed by atoms with Crippen LogP contribution in [-0.2, 0) is 12.8 Å². The van der Waals surface area contributed by atoms with Gasteiger partial charge in [-0.05, 0) is 60.7 Å². The average Bonchev–Trinajstić information content (AvgIpc) is 2.43. The van der Waals surface area contributed by atoms with Crippen LogP contribution >= 0.6 is 39.1 Å². The number of halogens is 3. The van der Waals surface area contributed by atoms with Crippen LogP contribution in [0.4, 0.5) is 0 Å². The second kappa shape index (κ2) is 7.46. The molecular formula is C16H16BrCl2N. The lowest BCUT2D eigenvalue weighted by Crippen LogP contribution is -2.19. The van der Waals surface area contributed by atoms with Crippen molar-refractivity contribution < 1.29 is 0 Å². The van der Waals surface area contributed by atoms with Gasteiger partial charge in [-0.2, -0.15) is 0 Å². The van der Waals surface area contributed by atoms with E-state index >= 15 is 0 Å². The molecule has 2 N–H and O–H groups in total. The molecule has 0 fully saturated rings. The van der Waals surface area contributed by atoms with Gasteiger partial charge < -0.3 is 5.73 Å². The van der Waals surface area contributed by atoms with Crippen molar-refractivity contribution in [2.45, 2.75) is 12.8 Å². The summed E-state index contributed by atoms with van der Waals surface area (Å²) in [7, 11) is 0. The first-order valence-electron chi connectivity index (χ1n) is 6.47. The molecule has 0 spiro atoms. The average molecular weight is 373 g/mol. The van der Waals surface area contributed by atoms with Crippen molar-refractivity contribution in [2.75, 3.05) is 6.54 Å². The standard InChI is InChI=1S/C16H16BrCl2N/c17-14-4-3-13(16(19)9-14)8-12(10-20)7-11-1-5-15(18)6-2-11/h1-6,9,12H,7-8,10,20H2. The van der Waals surface area contributed by atoms with Gasteiger partial charge in [0.25, 0.3) is 0 Å². The van der Waals surface area contributed by atoms with Gasteiger partial charge in [0.1, 0.15) is 0 Å². The van der Waals surface area contributed by atoms with E-state index in [0.29, 0.717) is 12.5 Å². The summed E-state index contributed by atoms with van der Waals surface area (Å²) in [5, 5.41) is 1.54. The van der Waals surface area contributed by atoms with Crippen molar-refractivity contribution in [1.82, 2.24) is 0 Å². The Morgan fingerprint density at radius 1 is 1.00 bits per heavy atom. The minimum atomic E-state index is 0.370. The molecular weight excluding hydrogens is 357 g/mol. The van der Waals surface area contributed by atoms with E-state index in [9.17, 15) is 0 Å². The third-order valence-corrected chi connectivity index (χ3v) is 4.39. The highest BCUT2D eigenvalue weighted by atomic mass is 79.9. The molecule has 0 aliphatic carbocycles. The Hall–Kier alpha value is -0.540. The fourth-order valence-electron chi connectivity index (χ4n) is 2.19. The molecule has 0 aromatic heterocycles. The molecule has 2 aromatic carbocycles. The molecule has 20 heavy (non-hydrogen) atoms. The molecule has 0 bridgehead atoms. The lowest BCUT2D eigenvalue weighted by atomic mass is 9.92. The lowest BCUT2D eigenvalue weighted by Gasteiger charge is -2.16. The van der Waals surface area contributed by atoms with E-state index in [4.69, 9.17) is 28.9 Å². The highest BCUT2D eigenvalue weighted by molar-refractivity contribution is 9.10. The van der Waals surface area contributed by atoms with Crippen LogP contribution in [0.15, 0.2) is 46.9 Å². The second-order valence-corrected chi connectivity index (χ2v) is 6.63. The van der Waals surface area contributed by atoms with Gasteiger partial charge in [-0.25, -0.2) is 0 Å². The van der Waals surface area contributed by atoms with Crippen LogP contribution in [0.3, 0.4) is 0 Å². The normalized spacial score (nSPS) is 12.4. The van der Waals surface area contributed by atoms with Crippen LogP contribution in [0.25, 0.3) is 0 Å². The van der Waals surface area contributed by atoms with Crippen LogP contribution < -0.4 is 5.73 Å². The summed E-state index contributed by atoms with van der Waals surface area (Å²) < 4.78 is 0.994. The third-order valence-electron chi connectivity index (χ3n) is 3.29. The molecule has 0 aliphatic heterocycles. The van der Waals surface area contributed by atoms with E-state index in [1.807, 2.05) is 36.4 Å². The number of benzene rings is 2. The highest BCUT2D eigenvalue weighted by Gasteiger charge is 2.11. The first-order chi connectivity index (χ1) is 9.58. The van der Waals surface area contributed by atoms with Gasteiger partial charge in [0.2, 0.25) is 0 Å². The van der Waals surface area contributed by atoms with E-state index in [0.717, 1.165) is 32.9 Å². The van der Waals surface area contributed by atoms with E-state index < -0.39 is 0 Å². The predicted molar refractivity (Wildman–Crippen MR) is 90.6 cm³/mol.